The predicted octanol–water partition coefficient (Wildman–Crippen LogP) is 3.29. The lowest BCUT2D eigenvalue weighted by atomic mass is 9.80. The highest BCUT2D eigenvalue weighted by Crippen LogP contribution is 2.36. The largest absolute Gasteiger partial charge is 0.337 e. The minimum absolute atomic E-state index is 0.00575. The van der Waals surface area contributed by atoms with Crippen LogP contribution in [-0.4, -0.2) is 22.3 Å². The van der Waals surface area contributed by atoms with E-state index in [4.69, 9.17) is 0 Å². The van der Waals surface area contributed by atoms with Gasteiger partial charge in [0.1, 0.15) is 5.41 Å². The number of aromatic nitrogens is 1. The number of nitrogens with zero attached hydrogens (tertiary/aromatic N) is 3. The predicted molar refractivity (Wildman–Crippen MR) is 81.1 cm³/mol. The van der Waals surface area contributed by atoms with E-state index < -0.39 is 5.41 Å². The van der Waals surface area contributed by atoms with Gasteiger partial charge in [0.05, 0.1) is 6.07 Å². The van der Waals surface area contributed by atoms with Gasteiger partial charge in [-0.2, -0.15) is 5.26 Å². The average Bonchev–Trinajstić information content (AvgIpc) is 2.79. The minimum Gasteiger partial charge on any atom is -0.337 e. The first-order valence-corrected chi connectivity index (χ1v) is 7.81. The molecule has 4 heteroatoms. The maximum atomic E-state index is 12.9. The standard InChI is InChI=1S/C17H23N3O/c1-2-20(13-15-7-11-19-12-8-15)16(21)17(14-18)9-5-3-4-6-10-17/h7-8,11-12H,2-6,9-10,13H2,1H3. The summed E-state index contributed by atoms with van der Waals surface area (Å²) in [5.74, 6) is 0.00575. The molecule has 1 aromatic rings. The Bertz CT molecular complexity index is 499. The lowest BCUT2D eigenvalue weighted by Crippen LogP contribution is -2.42. The molecule has 112 valence electrons. The van der Waals surface area contributed by atoms with Crippen LogP contribution in [0.1, 0.15) is 51.0 Å². The van der Waals surface area contributed by atoms with Gasteiger partial charge < -0.3 is 4.90 Å². The fourth-order valence-corrected chi connectivity index (χ4v) is 3.04. The number of hydrogen-bond acceptors (Lipinski definition) is 3. The summed E-state index contributed by atoms with van der Waals surface area (Å²) in [6.45, 7) is 3.16. The molecule has 0 aliphatic heterocycles. The van der Waals surface area contributed by atoms with Crippen molar-refractivity contribution in [1.29, 1.82) is 5.26 Å². The summed E-state index contributed by atoms with van der Waals surface area (Å²) in [6.07, 6.45) is 9.10. The molecule has 0 saturated heterocycles. The fraction of sp³-hybridized carbons (Fsp3) is 0.588. The minimum atomic E-state index is -0.806. The maximum Gasteiger partial charge on any atom is 0.243 e. The molecule has 1 aromatic heterocycles. The smallest absolute Gasteiger partial charge is 0.243 e. The number of amides is 1. The first-order chi connectivity index (χ1) is 10.2. The Labute approximate surface area is 126 Å². The van der Waals surface area contributed by atoms with Crippen LogP contribution in [-0.2, 0) is 11.3 Å². The van der Waals surface area contributed by atoms with Crippen molar-refractivity contribution in [1.82, 2.24) is 9.88 Å². The van der Waals surface area contributed by atoms with Crippen LogP contribution in [0.4, 0.5) is 0 Å². The van der Waals surface area contributed by atoms with E-state index in [0.29, 0.717) is 25.9 Å². The van der Waals surface area contributed by atoms with Gasteiger partial charge in [0.2, 0.25) is 5.91 Å². The van der Waals surface area contributed by atoms with Crippen LogP contribution in [0.25, 0.3) is 0 Å². The number of pyridine rings is 1. The number of carbonyl (C=O) groups excluding carboxylic acids is 1. The van der Waals surface area contributed by atoms with Crippen LogP contribution in [0.2, 0.25) is 0 Å². The molecule has 1 fully saturated rings. The van der Waals surface area contributed by atoms with Crippen molar-refractivity contribution in [3.8, 4) is 6.07 Å². The molecule has 1 heterocycles. The summed E-state index contributed by atoms with van der Waals surface area (Å²) < 4.78 is 0. The quantitative estimate of drug-likeness (QED) is 0.798. The zero-order chi connectivity index (χ0) is 15.1. The molecule has 0 radical (unpaired) electrons. The summed E-state index contributed by atoms with van der Waals surface area (Å²) in [5, 5.41) is 9.64. The Kier molecular flexibility index (Phi) is 5.32. The first-order valence-electron chi connectivity index (χ1n) is 7.81. The molecule has 0 bridgehead atoms. The molecule has 0 N–H and O–H groups in total. The van der Waals surface area contributed by atoms with E-state index in [-0.39, 0.29) is 5.91 Å². The van der Waals surface area contributed by atoms with E-state index in [1.54, 1.807) is 12.4 Å². The van der Waals surface area contributed by atoms with Crippen molar-refractivity contribution >= 4 is 5.91 Å². The molecular formula is C17H23N3O. The van der Waals surface area contributed by atoms with Crippen molar-refractivity contribution in [2.45, 2.75) is 52.0 Å². The van der Waals surface area contributed by atoms with Crippen molar-refractivity contribution in [3.05, 3.63) is 30.1 Å². The zero-order valence-corrected chi connectivity index (χ0v) is 12.7. The Hall–Kier alpha value is -1.89. The van der Waals surface area contributed by atoms with Gasteiger partial charge in [0.15, 0.2) is 0 Å². The molecule has 21 heavy (non-hydrogen) atoms. The summed E-state index contributed by atoms with van der Waals surface area (Å²) in [5.41, 5.74) is 0.251. The second-order valence-corrected chi connectivity index (χ2v) is 5.78. The van der Waals surface area contributed by atoms with E-state index in [1.165, 1.54) is 0 Å². The molecule has 4 nitrogen and oxygen atoms in total. The van der Waals surface area contributed by atoms with Gasteiger partial charge in [-0.15, -0.1) is 0 Å². The molecule has 0 aromatic carbocycles. The summed E-state index contributed by atoms with van der Waals surface area (Å²) in [7, 11) is 0. The van der Waals surface area contributed by atoms with E-state index in [9.17, 15) is 10.1 Å². The molecule has 1 aliphatic rings. The van der Waals surface area contributed by atoms with Gasteiger partial charge in [-0.25, -0.2) is 0 Å². The van der Waals surface area contributed by atoms with Crippen molar-refractivity contribution in [3.63, 3.8) is 0 Å². The van der Waals surface area contributed by atoms with E-state index >= 15 is 0 Å². The number of hydrogen-bond donors (Lipinski definition) is 0. The Morgan fingerprint density at radius 1 is 1.29 bits per heavy atom. The second kappa shape index (κ2) is 7.21. The van der Waals surface area contributed by atoms with Crippen LogP contribution in [0.3, 0.4) is 0 Å². The molecule has 0 atom stereocenters. The van der Waals surface area contributed by atoms with Crippen molar-refractivity contribution in [2.24, 2.45) is 5.41 Å². The Morgan fingerprint density at radius 2 is 1.90 bits per heavy atom. The normalized spacial score (nSPS) is 17.5. The van der Waals surface area contributed by atoms with Crippen LogP contribution in [0.15, 0.2) is 24.5 Å². The topological polar surface area (TPSA) is 57.0 Å². The van der Waals surface area contributed by atoms with Crippen LogP contribution >= 0.6 is 0 Å². The van der Waals surface area contributed by atoms with Crippen molar-refractivity contribution < 1.29 is 4.79 Å². The maximum absolute atomic E-state index is 12.9. The molecule has 1 amide bonds. The van der Waals surface area contributed by atoms with Gasteiger partial charge in [-0.3, -0.25) is 9.78 Å². The Balaban J connectivity index is 2.16. The summed E-state index contributed by atoms with van der Waals surface area (Å²) in [6, 6.07) is 6.19. The average molecular weight is 285 g/mol. The van der Waals surface area contributed by atoms with Gasteiger partial charge in [0.25, 0.3) is 0 Å². The Morgan fingerprint density at radius 3 is 2.43 bits per heavy atom. The first kappa shape index (κ1) is 15.5. The van der Waals surface area contributed by atoms with E-state index in [0.717, 1.165) is 31.2 Å². The van der Waals surface area contributed by atoms with Crippen LogP contribution in [0, 0.1) is 16.7 Å². The number of nitriles is 1. The third kappa shape index (κ3) is 3.60. The zero-order valence-electron chi connectivity index (χ0n) is 12.7. The van der Waals surface area contributed by atoms with E-state index in [2.05, 4.69) is 11.1 Å². The monoisotopic (exact) mass is 285 g/mol. The highest BCUT2D eigenvalue weighted by atomic mass is 16.2. The van der Waals surface area contributed by atoms with Crippen LogP contribution < -0.4 is 0 Å². The fourth-order valence-electron chi connectivity index (χ4n) is 3.04. The summed E-state index contributed by atoms with van der Waals surface area (Å²) in [4.78, 5) is 18.7. The van der Waals surface area contributed by atoms with Gasteiger partial charge >= 0.3 is 0 Å². The number of rotatable bonds is 4. The second-order valence-electron chi connectivity index (χ2n) is 5.78. The molecule has 0 unspecified atom stereocenters. The van der Waals surface area contributed by atoms with Gasteiger partial charge in [-0.05, 0) is 37.5 Å². The molecule has 2 rings (SSSR count). The molecular weight excluding hydrogens is 262 g/mol. The third-order valence-corrected chi connectivity index (χ3v) is 4.37. The van der Waals surface area contributed by atoms with E-state index in [1.807, 2.05) is 24.0 Å². The van der Waals surface area contributed by atoms with Crippen LogP contribution in [0.5, 0.6) is 0 Å². The SMILES string of the molecule is CCN(Cc1ccncc1)C(=O)C1(C#N)CCCCCC1. The molecule has 1 aliphatic carbocycles. The van der Waals surface area contributed by atoms with Gasteiger partial charge in [0, 0.05) is 25.5 Å². The molecule has 0 spiro atoms. The lowest BCUT2D eigenvalue weighted by molar-refractivity contribution is -0.140. The highest BCUT2D eigenvalue weighted by Gasteiger charge is 2.41. The van der Waals surface area contributed by atoms with Gasteiger partial charge in [-0.1, -0.05) is 25.7 Å². The summed E-state index contributed by atoms with van der Waals surface area (Å²) >= 11 is 0. The molecule has 1 saturated carbocycles. The lowest BCUT2D eigenvalue weighted by Gasteiger charge is -2.31. The van der Waals surface area contributed by atoms with Crippen molar-refractivity contribution in [2.75, 3.05) is 6.54 Å². The number of carbonyl (C=O) groups is 1. The highest BCUT2D eigenvalue weighted by molar-refractivity contribution is 5.85. The third-order valence-electron chi connectivity index (χ3n) is 4.37.